The highest BCUT2D eigenvalue weighted by atomic mass is 16.6. The van der Waals surface area contributed by atoms with Crippen LogP contribution in [0.5, 0.6) is 11.5 Å². The molecule has 0 unspecified atom stereocenters. The summed E-state index contributed by atoms with van der Waals surface area (Å²) in [6.45, 7) is 6.44. The summed E-state index contributed by atoms with van der Waals surface area (Å²) in [4.78, 5) is 80.8. The van der Waals surface area contributed by atoms with Crippen molar-refractivity contribution in [2.75, 3.05) is 32.9 Å². The molecular weight excluding hydrogens is 748 g/mol. The van der Waals surface area contributed by atoms with E-state index in [2.05, 4.69) is 10.6 Å². The molecule has 0 aromatic heterocycles. The predicted octanol–water partition coefficient (Wildman–Crippen LogP) is 4.24. The zero-order valence-electron chi connectivity index (χ0n) is 33.5. The van der Waals surface area contributed by atoms with Gasteiger partial charge in [0.05, 0.1) is 12.0 Å². The number of aryl methyl sites for hydroxylation is 1. The van der Waals surface area contributed by atoms with Gasteiger partial charge >= 0.3 is 18.0 Å². The molecule has 0 spiro atoms. The van der Waals surface area contributed by atoms with Crippen molar-refractivity contribution in [3.63, 3.8) is 0 Å². The average Bonchev–Trinajstić information content (AvgIpc) is 3.21. The van der Waals surface area contributed by atoms with Gasteiger partial charge in [-0.15, -0.1) is 0 Å². The molecular formula is C43H54N4O11. The van der Waals surface area contributed by atoms with E-state index < -0.39 is 59.4 Å². The van der Waals surface area contributed by atoms with Crippen molar-refractivity contribution in [2.45, 2.75) is 78.2 Å². The number of rotatable bonds is 20. The number of carbonyl (C=O) groups is 6. The molecule has 1 fully saturated rings. The number of para-hydroxylation sites is 2. The number of esters is 2. The van der Waals surface area contributed by atoms with Crippen LogP contribution >= 0.6 is 0 Å². The lowest BCUT2D eigenvalue weighted by Gasteiger charge is -2.40. The molecule has 4 N–H and O–H groups in total. The van der Waals surface area contributed by atoms with Crippen LogP contribution in [0.3, 0.4) is 0 Å². The maximum Gasteiger partial charge on any atom is 0.415 e. The first kappa shape index (κ1) is 44.8. The summed E-state index contributed by atoms with van der Waals surface area (Å²) in [5, 5.41) is 5.40. The minimum Gasteiger partial charge on any atom is -0.484 e. The van der Waals surface area contributed by atoms with E-state index in [-0.39, 0.29) is 71.1 Å². The molecule has 0 bridgehead atoms. The van der Waals surface area contributed by atoms with Crippen LogP contribution in [0.25, 0.3) is 0 Å². The Labute approximate surface area is 338 Å². The van der Waals surface area contributed by atoms with Gasteiger partial charge in [-0.05, 0) is 74.8 Å². The summed E-state index contributed by atoms with van der Waals surface area (Å²) in [6, 6.07) is 22.5. The molecule has 0 radical (unpaired) electrons. The van der Waals surface area contributed by atoms with Crippen molar-refractivity contribution in [1.29, 1.82) is 0 Å². The van der Waals surface area contributed by atoms with Crippen LogP contribution in [-0.2, 0) is 44.8 Å². The summed E-state index contributed by atoms with van der Waals surface area (Å²) in [6.07, 6.45) is -1.44. The Balaban J connectivity index is 1.43. The maximum absolute atomic E-state index is 13.9. The number of nitrogens with zero attached hydrogens (tertiary/aromatic N) is 1. The van der Waals surface area contributed by atoms with E-state index in [4.69, 9.17) is 29.4 Å². The lowest BCUT2D eigenvalue weighted by molar-refractivity contribution is -0.162. The number of primary amides is 1. The van der Waals surface area contributed by atoms with Crippen LogP contribution in [0.1, 0.15) is 57.6 Å². The fourth-order valence-corrected chi connectivity index (χ4v) is 6.35. The van der Waals surface area contributed by atoms with Crippen molar-refractivity contribution in [3.05, 3.63) is 96.1 Å². The largest absolute Gasteiger partial charge is 0.484 e. The lowest BCUT2D eigenvalue weighted by atomic mass is 9.73. The smallest absolute Gasteiger partial charge is 0.415 e. The first-order valence-electron chi connectivity index (χ1n) is 19.3. The molecule has 1 aliphatic heterocycles. The highest BCUT2D eigenvalue weighted by Gasteiger charge is 2.45. The van der Waals surface area contributed by atoms with Gasteiger partial charge in [0, 0.05) is 13.1 Å². The number of piperidine rings is 1. The lowest BCUT2D eigenvalue weighted by Crippen LogP contribution is -2.57. The quantitative estimate of drug-likeness (QED) is 0.109. The summed E-state index contributed by atoms with van der Waals surface area (Å²) < 4.78 is 27.5. The van der Waals surface area contributed by atoms with Crippen LogP contribution in [0, 0.1) is 18.3 Å². The number of nitrogens with one attached hydrogen (secondary N) is 2. The number of ether oxygens (including phenoxy) is 5. The fourth-order valence-electron chi connectivity index (χ4n) is 6.35. The topological polar surface area (TPSA) is 202 Å². The predicted molar refractivity (Wildman–Crippen MR) is 212 cm³/mol. The normalized spacial score (nSPS) is 14.9. The molecule has 58 heavy (non-hydrogen) atoms. The van der Waals surface area contributed by atoms with Gasteiger partial charge < -0.3 is 45.0 Å². The van der Waals surface area contributed by atoms with Crippen molar-refractivity contribution in [2.24, 2.45) is 17.1 Å². The van der Waals surface area contributed by atoms with E-state index in [9.17, 15) is 28.8 Å². The molecule has 3 aromatic rings. The average molecular weight is 803 g/mol. The molecule has 1 saturated heterocycles. The molecule has 1 aliphatic rings. The SMILES string of the molecule is Cc1ccccc1OCC(=O)N[C@@H](CC(C)C)C(=O)N[C@@H](CC1(C(N)=O)CCN(C(=O)Oc2ccccc2)CC1)C(=O)OCCOC(=O)[C@@H](C)OCc1ccccc1. The number of benzene rings is 3. The number of nitrogens with two attached hydrogens (primary N) is 1. The van der Waals surface area contributed by atoms with Gasteiger partial charge in [-0.3, -0.25) is 14.4 Å². The minimum absolute atomic E-state index is 0.0515. The molecule has 3 atom stereocenters. The van der Waals surface area contributed by atoms with Gasteiger partial charge in [0.2, 0.25) is 11.8 Å². The second kappa shape index (κ2) is 22.1. The van der Waals surface area contributed by atoms with Crippen LogP contribution in [0.2, 0.25) is 0 Å². The Morgan fingerprint density at radius 3 is 2.00 bits per heavy atom. The molecule has 0 saturated carbocycles. The van der Waals surface area contributed by atoms with E-state index in [0.717, 1.165) is 11.1 Å². The second-order valence-corrected chi connectivity index (χ2v) is 14.7. The van der Waals surface area contributed by atoms with Gasteiger partial charge in [-0.1, -0.05) is 80.6 Å². The summed E-state index contributed by atoms with van der Waals surface area (Å²) in [5.74, 6) is -2.74. The van der Waals surface area contributed by atoms with E-state index in [1.165, 1.54) is 4.90 Å². The molecule has 312 valence electrons. The standard InChI is InChI=1S/C43H54N4O11/c1-29(2)25-34(45-37(48)28-57-36-18-12-11-13-30(36)3)38(49)46-35(40(51)55-24-23-54-39(50)31(4)56-27-32-14-7-5-8-15-32)26-43(41(44)52)19-21-47(22-20-43)42(53)58-33-16-9-6-10-17-33/h5-18,29,31,34-35H,19-28H2,1-4H3,(H2,44,52)(H,45,48)(H,46,49)/t31-,34+,35+/m1/s1. The van der Waals surface area contributed by atoms with Gasteiger partial charge in [0.15, 0.2) is 12.7 Å². The molecule has 1 heterocycles. The number of hydrogen-bond acceptors (Lipinski definition) is 11. The third-order valence-corrected chi connectivity index (χ3v) is 9.70. The number of likely N-dealkylation sites (tertiary alicyclic amines) is 1. The second-order valence-electron chi connectivity index (χ2n) is 14.7. The fraction of sp³-hybridized carbons (Fsp3) is 0.442. The zero-order chi connectivity index (χ0) is 42.1. The highest BCUT2D eigenvalue weighted by Crippen LogP contribution is 2.37. The van der Waals surface area contributed by atoms with Crippen molar-refractivity contribution >= 4 is 35.8 Å². The van der Waals surface area contributed by atoms with Crippen LogP contribution < -0.4 is 25.8 Å². The molecule has 3 aromatic carbocycles. The molecule has 4 amide bonds. The van der Waals surface area contributed by atoms with Crippen molar-refractivity contribution in [1.82, 2.24) is 15.5 Å². The van der Waals surface area contributed by atoms with Gasteiger partial charge in [-0.25, -0.2) is 14.4 Å². The van der Waals surface area contributed by atoms with Gasteiger partial charge in [0.25, 0.3) is 5.91 Å². The van der Waals surface area contributed by atoms with E-state index in [1.54, 1.807) is 49.4 Å². The van der Waals surface area contributed by atoms with Crippen molar-refractivity contribution < 1.29 is 52.5 Å². The van der Waals surface area contributed by atoms with Gasteiger partial charge in [0.1, 0.15) is 36.8 Å². The van der Waals surface area contributed by atoms with Crippen LogP contribution in [0.15, 0.2) is 84.9 Å². The first-order valence-corrected chi connectivity index (χ1v) is 19.3. The Bertz CT molecular complexity index is 1830. The van der Waals surface area contributed by atoms with Crippen molar-refractivity contribution in [3.8, 4) is 11.5 Å². The molecule has 0 aliphatic carbocycles. The maximum atomic E-state index is 13.9. The van der Waals surface area contributed by atoms with E-state index >= 15 is 0 Å². The Kier molecular flexibility index (Phi) is 17.1. The Morgan fingerprint density at radius 2 is 1.38 bits per heavy atom. The zero-order valence-corrected chi connectivity index (χ0v) is 33.5. The number of carbonyl (C=O) groups excluding carboxylic acids is 6. The molecule has 15 nitrogen and oxygen atoms in total. The first-order chi connectivity index (χ1) is 27.8. The van der Waals surface area contributed by atoms with Gasteiger partial charge in [-0.2, -0.15) is 0 Å². The highest BCUT2D eigenvalue weighted by molar-refractivity contribution is 5.92. The summed E-state index contributed by atoms with van der Waals surface area (Å²) in [5.41, 5.74) is 6.35. The monoisotopic (exact) mass is 802 g/mol. The third-order valence-electron chi connectivity index (χ3n) is 9.70. The number of hydrogen-bond donors (Lipinski definition) is 3. The summed E-state index contributed by atoms with van der Waals surface area (Å²) >= 11 is 0. The molecule has 4 rings (SSSR count). The Morgan fingerprint density at radius 1 is 0.776 bits per heavy atom. The van der Waals surface area contributed by atoms with E-state index in [1.807, 2.05) is 63.2 Å². The van der Waals surface area contributed by atoms with Crippen LogP contribution in [-0.4, -0.2) is 91.8 Å². The Hall–Kier alpha value is -5.96. The third kappa shape index (κ3) is 13.9. The number of amides is 4. The van der Waals surface area contributed by atoms with E-state index in [0.29, 0.717) is 11.5 Å². The summed E-state index contributed by atoms with van der Waals surface area (Å²) in [7, 11) is 0. The minimum atomic E-state index is -1.42. The van der Waals surface area contributed by atoms with Crippen LogP contribution in [0.4, 0.5) is 4.79 Å². The molecule has 15 heteroatoms.